The number of ether oxygens (including phenoxy) is 1. The van der Waals surface area contributed by atoms with Gasteiger partial charge in [0.15, 0.2) is 0 Å². The molecule has 0 aliphatic carbocycles. The lowest BCUT2D eigenvalue weighted by Gasteiger charge is -2.31. The Morgan fingerprint density at radius 3 is 2.13 bits per heavy atom. The Kier molecular flexibility index (Phi) is 5.36. The minimum atomic E-state index is -1.56. The average molecular weight is 313 g/mol. The first-order valence-corrected chi connectivity index (χ1v) is 7.32. The van der Waals surface area contributed by atoms with Gasteiger partial charge in [-0.2, -0.15) is 0 Å². The smallest absolute Gasteiger partial charge is 0.352 e. The standard InChI is InChI=1S/C18H19NO4/c1-14(20)19-13-12-18(17(21)22,15-8-4-2-5-9-15)23-16-10-6-3-7-11-16/h2-11H,12-13H2,1H3,(H,19,20)(H,21,22). The Hall–Kier alpha value is -2.82. The third-order valence-electron chi connectivity index (χ3n) is 3.47. The molecule has 1 amide bonds. The van der Waals surface area contributed by atoms with E-state index in [0.717, 1.165) is 0 Å². The van der Waals surface area contributed by atoms with Crippen molar-refractivity contribution in [1.82, 2.24) is 5.32 Å². The monoisotopic (exact) mass is 313 g/mol. The normalized spacial score (nSPS) is 12.9. The molecule has 2 aromatic rings. The Morgan fingerprint density at radius 2 is 1.61 bits per heavy atom. The van der Waals surface area contributed by atoms with E-state index in [-0.39, 0.29) is 18.9 Å². The molecule has 0 fully saturated rings. The van der Waals surface area contributed by atoms with Crippen LogP contribution in [-0.2, 0) is 15.2 Å². The maximum Gasteiger partial charge on any atom is 0.352 e. The Labute approximate surface area is 134 Å². The Bertz CT molecular complexity index is 657. The number of carboxylic acid groups (broad SMARTS) is 1. The molecule has 5 nitrogen and oxygen atoms in total. The molecule has 0 saturated carbocycles. The van der Waals surface area contributed by atoms with Crippen molar-refractivity contribution in [3.63, 3.8) is 0 Å². The Morgan fingerprint density at radius 1 is 1.04 bits per heavy atom. The first kappa shape index (κ1) is 16.5. The molecular weight excluding hydrogens is 294 g/mol. The molecule has 0 aliphatic heterocycles. The van der Waals surface area contributed by atoms with Gasteiger partial charge >= 0.3 is 5.97 Å². The van der Waals surface area contributed by atoms with Crippen LogP contribution in [0, 0.1) is 0 Å². The summed E-state index contributed by atoms with van der Waals surface area (Å²) < 4.78 is 5.88. The summed E-state index contributed by atoms with van der Waals surface area (Å²) in [6.45, 7) is 1.59. The number of carbonyl (C=O) groups is 2. The average Bonchev–Trinajstić information content (AvgIpc) is 2.55. The van der Waals surface area contributed by atoms with Crippen molar-refractivity contribution in [2.45, 2.75) is 18.9 Å². The molecule has 0 bridgehead atoms. The highest BCUT2D eigenvalue weighted by atomic mass is 16.5. The van der Waals surface area contributed by atoms with E-state index in [4.69, 9.17) is 4.74 Å². The first-order chi connectivity index (χ1) is 11.0. The van der Waals surface area contributed by atoms with E-state index in [1.807, 2.05) is 12.1 Å². The molecule has 1 atom stereocenters. The van der Waals surface area contributed by atoms with E-state index in [1.165, 1.54) is 6.92 Å². The van der Waals surface area contributed by atoms with Gasteiger partial charge in [0.05, 0.1) is 0 Å². The number of hydrogen-bond acceptors (Lipinski definition) is 3. The van der Waals surface area contributed by atoms with Gasteiger partial charge in [0, 0.05) is 25.5 Å². The molecule has 23 heavy (non-hydrogen) atoms. The van der Waals surface area contributed by atoms with E-state index >= 15 is 0 Å². The SMILES string of the molecule is CC(=O)NCCC(Oc1ccccc1)(C(=O)O)c1ccccc1. The molecule has 2 aromatic carbocycles. The quantitative estimate of drug-likeness (QED) is 0.824. The largest absolute Gasteiger partial charge is 0.478 e. The maximum absolute atomic E-state index is 12.1. The lowest BCUT2D eigenvalue weighted by Crippen LogP contribution is -2.44. The summed E-state index contributed by atoms with van der Waals surface area (Å²) in [5.41, 5.74) is -1.04. The van der Waals surface area contributed by atoms with Gasteiger partial charge in [-0.25, -0.2) is 4.79 Å². The summed E-state index contributed by atoms with van der Waals surface area (Å²) in [6.07, 6.45) is 0.112. The zero-order valence-electron chi connectivity index (χ0n) is 12.9. The van der Waals surface area contributed by atoms with Crippen molar-refractivity contribution < 1.29 is 19.4 Å². The number of carbonyl (C=O) groups excluding carboxylic acids is 1. The van der Waals surface area contributed by atoms with Crippen LogP contribution in [0.2, 0.25) is 0 Å². The van der Waals surface area contributed by atoms with Gasteiger partial charge in [0.25, 0.3) is 0 Å². The molecular formula is C18H19NO4. The van der Waals surface area contributed by atoms with E-state index in [2.05, 4.69) is 5.32 Å². The second kappa shape index (κ2) is 7.45. The summed E-state index contributed by atoms with van der Waals surface area (Å²) in [4.78, 5) is 23.2. The van der Waals surface area contributed by atoms with Crippen LogP contribution in [0.15, 0.2) is 60.7 Å². The van der Waals surface area contributed by atoms with Crippen LogP contribution >= 0.6 is 0 Å². The number of amides is 1. The molecule has 0 spiro atoms. The molecule has 0 aliphatic rings. The number of nitrogens with one attached hydrogen (secondary N) is 1. The van der Waals surface area contributed by atoms with Gasteiger partial charge in [0.2, 0.25) is 11.5 Å². The third-order valence-corrected chi connectivity index (χ3v) is 3.47. The van der Waals surface area contributed by atoms with Crippen molar-refractivity contribution in [2.75, 3.05) is 6.54 Å². The minimum Gasteiger partial charge on any atom is -0.478 e. The van der Waals surface area contributed by atoms with Gasteiger partial charge in [-0.15, -0.1) is 0 Å². The fraction of sp³-hybridized carbons (Fsp3) is 0.222. The zero-order valence-corrected chi connectivity index (χ0v) is 12.9. The molecule has 0 radical (unpaired) electrons. The number of para-hydroxylation sites is 1. The maximum atomic E-state index is 12.1. The number of carboxylic acids is 1. The highest BCUT2D eigenvalue weighted by Crippen LogP contribution is 2.32. The summed E-state index contributed by atoms with van der Waals surface area (Å²) in [6, 6.07) is 17.6. The molecule has 0 saturated heterocycles. The highest BCUT2D eigenvalue weighted by Gasteiger charge is 2.42. The molecule has 2 rings (SSSR count). The number of hydrogen-bond donors (Lipinski definition) is 2. The number of rotatable bonds is 7. The summed E-state index contributed by atoms with van der Waals surface area (Å²) in [7, 11) is 0. The van der Waals surface area contributed by atoms with Crippen molar-refractivity contribution in [3.8, 4) is 5.75 Å². The predicted molar refractivity (Wildman–Crippen MR) is 86.1 cm³/mol. The van der Waals surface area contributed by atoms with E-state index in [1.54, 1.807) is 48.5 Å². The highest BCUT2D eigenvalue weighted by molar-refractivity contribution is 5.80. The second-order valence-electron chi connectivity index (χ2n) is 5.15. The van der Waals surface area contributed by atoms with Crippen molar-refractivity contribution >= 4 is 11.9 Å². The van der Waals surface area contributed by atoms with E-state index in [9.17, 15) is 14.7 Å². The predicted octanol–water partition coefficient (Wildman–Crippen LogP) is 2.57. The summed E-state index contributed by atoms with van der Waals surface area (Å²) in [5.74, 6) is -0.850. The van der Waals surface area contributed by atoms with E-state index < -0.39 is 11.6 Å². The lowest BCUT2D eigenvalue weighted by atomic mass is 9.90. The number of benzene rings is 2. The van der Waals surface area contributed by atoms with Crippen LogP contribution in [0.3, 0.4) is 0 Å². The van der Waals surface area contributed by atoms with Gasteiger partial charge in [-0.05, 0) is 12.1 Å². The van der Waals surface area contributed by atoms with Crippen molar-refractivity contribution in [3.05, 3.63) is 66.2 Å². The van der Waals surface area contributed by atoms with Crippen molar-refractivity contribution in [2.24, 2.45) is 0 Å². The van der Waals surface area contributed by atoms with Crippen LogP contribution in [-0.4, -0.2) is 23.5 Å². The van der Waals surface area contributed by atoms with Crippen LogP contribution in [0.4, 0.5) is 0 Å². The lowest BCUT2D eigenvalue weighted by molar-refractivity contribution is -0.157. The Balaban J connectivity index is 2.38. The second-order valence-corrected chi connectivity index (χ2v) is 5.15. The molecule has 1 unspecified atom stereocenters. The van der Waals surface area contributed by atoms with Crippen LogP contribution < -0.4 is 10.1 Å². The van der Waals surface area contributed by atoms with Crippen LogP contribution in [0.5, 0.6) is 5.75 Å². The van der Waals surface area contributed by atoms with E-state index in [0.29, 0.717) is 11.3 Å². The zero-order chi connectivity index (χ0) is 16.7. The summed E-state index contributed by atoms with van der Waals surface area (Å²) in [5, 5.41) is 12.5. The van der Waals surface area contributed by atoms with Crippen LogP contribution in [0.1, 0.15) is 18.9 Å². The number of aliphatic carboxylic acids is 1. The van der Waals surface area contributed by atoms with Gasteiger partial charge in [0.1, 0.15) is 5.75 Å². The fourth-order valence-corrected chi connectivity index (χ4v) is 2.34. The molecule has 2 N–H and O–H groups in total. The van der Waals surface area contributed by atoms with Gasteiger partial charge in [-0.1, -0.05) is 48.5 Å². The third kappa shape index (κ3) is 4.10. The molecule has 0 aromatic heterocycles. The first-order valence-electron chi connectivity index (χ1n) is 7.32. The van der Waals surface area contributed by atoms with Crippen molar-refractivity contribution in [1.29, 1.82) is 0 Å². The molecule has 5 heteroatoms. The van der Waals surface area contributed by atoms with Gasteiger partial charge in [-0.3, -0.25) is 4.79 Å². The molecule has 120 valence electrons. The minimum absolute atomic E-state index is 0.112. The molecule has 0 heterocycles. The fourth-order valence-electron chi connectivity index (χ4n) is 2.34. The summed E-state index contributed by atoms with van der Waals surface area (Å²) >= 11 is 0. The topological polar surface area (TPSA) is 75.6 Å². The van der Waals surface area contributed by atoms with Crippen LogP contribution in [0.25, 0.3) is 0 Å². The van der Waals surface area contributed by atoms with Gasteiger partial charge < -0.3 is 15.2 Å².